The molecule has 0 aliphatic heterocycles. The SMILES string of the molecule is CCC(=O)NC(CCN)c1cccc(Cl)c1. The highest BCUT2D eigenvalue weighted by Crippen LogP contribution is 2.20. The van der Waals surface area contributed by atoms with Gasteiger partial charge in [0.1, 0.15) is 0 Å². The molecule has 1 aromatic rings. The predicted octanol–water partition coefficient (Wildman–Crippen LogP) is 2.26. The van der Waals surface area contributed by atoms with E-state index in [1.54, 1.807) is 0 Å². The Hall–Kier alpha value is -1.06. The first-order chi connectivity index (χ1) is 7.67. The van der Waals surface area contributed by atoms with Crippen LogP contribution in [0.15, 0.2) is 24.3 Å². The average Bonchev–Trinajstić information content (AvgIpc) is 2.28. The van der Waals surface area contributed by atoms with Crippen LogP contribution in [0.25, 0.3) is 0 Å². The van der Waals surface area contributed by atoms with Gasteiger partial charge >= 0.3 is 0 Å². The monoisotopic (exact) mass is 240 g/mol. The molecule has 0 aromatic heterocycles. The van der Waals surface area contributed by atoms with Crippen molar-refractivity contribution in [2.75, 3.05) is 6.54 Å². The van der Waals surface area contributed by atoms with Crippen molar-refractivity contribution in [3.8, 4) is 0 Å². The fourth-order valence-corrected chi connectivity index (χ4v) is 1.71. The fraction of sp³-hybridized carbons (Fsp3) is 0.417. The van der Waals surface area contributed by atoms with Crippen LogP contribution in [-0.4, -0.2) is 12.5 Å². The maximum absolute atomic E-state index is 11.4. The van der Waals surface area contributed by atoms with E-state index in [4.69, 9.17) is 17.3 Å². The molecule has 0 bridgehead atoms. The maximum Gasteiger partial charge on any atom is 0.220 e. The van der Waals surface area contributed by atoms with Crippen LogP contribution in [0.4, 0.5) is 0 Å². The summed E-state index contributed by atoms with van der Waals surface area (Å²) < 4.78 is 0. The molecule has 16 heavy (non-hydrogen) atoms. The van der Waals surface area contributed by atoms with Crippen LogP contribution in [0.3, 0.4) is 0 Å². The molecular weight excluding hydrogens is 224 g/mol. The van der Waals surface area contributed by atoms with Crippen LogP contribution in [0.2, 0.25) is 5.02 Å². The molecule has 0 heterocycles. The van der Waals surface area contributed by atoms with Gasteiger partial charge in [0, 0.05) is 11.4 Å². The number of benzene rings is 1. The number of nitrogens with two attached hydrogens (primary N) is 1. The van der Waals surface area contributed by atoms with Gasteiger partial charge in [-0.25, -0.2) is 0 Å². The Morgan fingerprint density at radius 1 is 1.56 bits per heavy atom. The predicted molar refractivity (Wildman–Crippen MR) is 66.3 cm³/mol. The van der Waals surface area contributed by atoms with E-state index >= 15 is 0 Å². The summed E-state index contributed by atoms with van der Waals surface area (Å²) in [6.45, 7) is 2.36. The van der Waals surface area contributed by atoms with Crippen molar-refractivity contribution in [2.24, 2.45) is 5.73 Å². The second-order valence-electron chi connectivity index (χ2n) is 3.61. The summed E-state index contributed by atoms with van der Waals surface area (Å²) in [6.07, 6.45) is 1.19. The molecule has 0 saturated heterocycles. The number of halogens is 1. The number of carbonyl (C=O) groups is 1. The van der Waals surface area contributed by atoms with Crippen molar-refractivity contribution < 1.29 is 4.79 Å². The summed E-state index contributed by atoms with van der Waals surface area (Å²) in [5, 5.41) is 3.61. The smallest absolute Gasteiger partial charge is 0.220 e. The Labute approximate surface area is 101 Å². The molecule has 0 saturated carbocycles. The van der Waals surface area contributed by atoms with E-state index in [1.807, 2.05) is 31.2 Å². The first-order valence-electron chi connectivity index (χ1n) is 5.42. The zero-order chi connectivity index (χ0) is 12.0. The van der Waals surface area contributed by atoms with Crippen LogP contribution >= 0.6 is 11.6 Å². The van der Waals surface area contributed by atoms with Gasteiger partial charge in [-0.2, -0.15) is 0 Å². The van der Waals surface area contributed by atoms with E-state index in [1.165, 1.54) is 0 Å². The van der Waals surface area contributed by atoms with Crippen LogP contribution in [0.5, 0.6) is 0 Å². The minimum absolute atomic E-state index is 0.0263. The topological polar surface area (TPSA) is 55.1 Å². The van der Waals surface area contributed by atoms with Crippen molar-refractivity contribution in [2.45, 2.75) is 25.8 Å². The zero-order valence-electron chi connectivity index (χ0n) is 9.37. The molecule has 1 rings (SSSR count). The van der Waals surface area contributed by atoms with Crippen LogP contribution in [-0.2, 0) is 4.79 Å². The molecule has 1 unspecified atom stereocenters. The molecule has 3 nitrogen and oxygen atoms in total. The molecular formula is C12H17ClN2O. The summed E-state index contributed by atoms with van der Waals surface area (Å²) in [5.74, 6) is 0.0263. The molecule has 4 heteroatoms. The Kier molecular flexibility index (Phi) is 5.29. The van der Waals surface area contributed by atoms with Gasteiger partial charge in [-0.05, 0) is 30.7 Å². The lowest BCUT2D eigenvalue weighted by Crippen LogP contribution is -2.29. The highest BCUT2D eigenvalue weighted by molar-refractivity contribution is 6.30. The Morgan fingerprint density at radius 2 is 2.31 bits per heavy atom. The van der Waals surface area contributed by atoms with Gasteiger partial charge < -0.3 is 11.1 Å². The van der Waals surface area contributed by atoms with Crippen molar-refractivity contribution >= 4 is 17.5 Å². The standard InChI is InChI=1S/C12H17ClN2O/c1-2-12(16)15-11(6-7-14)9-4-3-5-10(13)8-9/h3-5,8,11H,2,6-7,14H2,1H3,(H,15,16). The normalized spacial score (nSPS) is 12.2. The highest BCUT2D eigenvalue weighted by atomic mass is 35.5. The number of hydrogen-bond acceptors (Lipinski definition) is 2. The van der Waals surface area contributed by atoms with Gasteiger partial charge in [0.05, 0.1) is 6.04 Å². The highest BCUT2D eigenvalue weighted by Gasteiger charge is 2.12. The van der Waals surface area contributed by atoms with E-state index in [-0.39, 0.29) is 11.9 Å². The number of carbonyl (C=O) groups excluding carboxylic acids is 1. The van der Waals surface area contributed by atoms with Gasteiger partial charge in [0.15, 0.2) is 0 Å². The third kappa shape index (κ3) is 3.83. The minimum atomic E-state index is -0.0452. The Morgan fingerprint density at radius 3 is 2.88 bits per heavy atom. The summed E-state index contributed by atoms with van der Waals surface area (Å²) in [4.78, 5) is 11.4. The van der Waals surface area contributed by atoms with E-state index < -0.39 is 0 Å². The number of hydrogen-bond donors (Lipinski definition) is 2. The van der Waals surface area contributed by atoms with Gasteiger partial charge in [-0.3, -0.25) is 4.79 Å². The summed E-state index contributed by atoms with van der Waals surface area (Å²) in [7, 11) is 0. The molecule has 88 valence electrons. The first kappa shape index (κ1) is 13.0. The van der Waals surface area contributed by atoms with Crippen molar-refractivity contribution in [3.63, 3.8) is 0 Å². The van der Waals surface area contributed by atoms with Gasteiger partial charge in [-0.1, -0.05) is 30.7 Å². The van der Waals surface area contributed by atoms with Gasteiger partial charge in [0.2, 0.25) is 5.91 Å². The molecule has 0 aliphatic rings. The van der Waals surface area contributed by atoms with Crippen LogP contribution in [0.1, 0.15) is 31.4 Å². The maximum atomic E-state index is 11.4. The molecule has 0 fully saturated rings. The molecule has 0 aliphatic carbocycles. The second-order valence-corrected chi connectivity index (χ2v) is 4.04. The van der Waals surface area contributed by atoms with Crippen molar-refractivity contribution in [1.29, 1.82) is 0 Å². The van der Waals surface area contributed by atoms with Gasteiger partial charge in [-0.15, -0.1) is 0 Å². The largest absolute Gasteiger partial charge is 0.349 e. The number of rotatable bonds is 5. The summed E-state index contributed by atoms with van der Waals surface area (Å²) in [5.41, 5.74) is 6.54. The minimum Gasteiger partial charge on any atom is -0.349 e. The average molecular weight is 241 g/mol. The third-order valence-corrected chi connectivity index (χ3v) is 2.60. The fourth-order valence-electron chi connectivity index (χ4n) is 1.51. The van der Waals surface area contributed by atoms with Crippen molar-refractivity contribution in [3.05, 3.63) is 34.9 Å². The number of amides is 1. The lowest BCUT2D eigenvalue weighted by Gasteiger charge is -2.18. The Bertz CT molecular complexity index is 355. The molecule has 0 radical (unpaired) electrons. The molecule has 1 aromatic carbocycles. The first-order valence-corrected chi connectivity index (χ1v) is 5.80. The van der Waals surface area contributed by atoms with Crippen LogP contribution in [0, 0.1) is 0 Å². The van der Waals surface area contributed by atoms with E-state index in [0.717, 1.165) is 5.56 Å². The number of nitrogens with one attached hydrogen (secondary N) is 1. The Balaban J connectivity index is 2.80. The quantitative estimate of drug-likeness (QED) is 0.830. The third-order valence-electron chi connectivity index (χ3n) is 2.36. The van der Waals surface area contributed by atoms with E-state index in [9.17, 15) is 4.79 Å². The van der Waals surface area contributed by atoms with E-state index in [2.05, 4.69) is 5.32 Å². The molecule has 1 amide bonds. The van der Waals surface area contributed by atoms with Crippen LogP contribution < -0.4 is 11.1 Å². The van der Waals surface area contributed by atoms with Crippen molar-refractivity contribution in [1.82, 2.24) is 5.32 Å². The lowest BCUT2D eigenvalue weighted by atomic mass is 10.0. The second kappa shape index (κ2) is 6.51. The lowest BCUT2D eigenvalue weighted by molar-refractivity contribution is -0.121. The summed E-state index contributed by atoms with van der Waals surface area (Å²) in [6, 6.07) is 7.45. The molecule has 0 spiro atoms. The zero-order valence-corrected chi connectivity index (χ0v) is 10.1. The van der Waals surface area contributed by atoms with E-state index in [0.29, 0.717) is 24.4 Å². The molecule has 3 N–H and O–H groups in total. The van der Waals surface area contributed by atoms with Gasteiger partial charge in [0.25, 0.3) is 0 Å². The summed E-state index contributed by atoms with van der Waals surface area (Å²) >= 11 is 5.92. The molecule has 1 atom stereocenters.